The topological polar surface area (TPSA) is 470 Å². The summed E-state index contributed by atoms with van der Waals surface area (Å²) in [5, 5.41) is 49.5. The van der Waals surface area contributed by atoms with Gasteiger partial charge in [0, 0.05) is 99.3 Å². The highest BCUT2D eigenvalue weighted by molar-refractivity contribution is 6.13. The number of hydrogen-bond acceptors (Lipinski definition) is 24. The lowest BCUT2D eigenvalue weighted by Gasteiger charge is -2.13. The van der Waals surface area contributed by atoms with Crippen molar-refractivity contribution in [1.29, 1.82) is 0 Å². The van der Waals surface area contributed by atoms with Gasteiger partial charge in [-0.05, 0) is 80.8 Å². The van der Waals surface area contributed by atoms with Gasteiger partial charge in [0.2, 0.25) is 29.9 Å². The number of esters is 2. The Morgan fingerprint density at radius 3 is 1.11 bits per heavy atom. The number of hydrogen-bond donors (Lipinski definition) is 10. The van der Waals surface area contributed by atoms with Crippen LogP contribution in [0.4, 0.5) is 0 Å². The summed E-state index contributed by atoms with van der Waals surface area (Å²) in [4.78, 5) is 140. The first-order valence-corrected chi connectivity index (χ1v) is 30.3. The Labute approximate surface area is 544 Å². The number of aliphatic carboxylic acids is 3. The lowest BCUT2D eigenvalue weighted by molar-refractivity contribution is -0.158. The predicted molar refractivity (Wildman–Crippen MR) is 340 cm³/mol. The fourth-order valence-corrected chi connectivity index (χ4v) is 6.82. The molecular weight excluding hydrogens is 1220 g/mol. The number of rotatable bonds is 34. The maximum Gasteiger partial charge on any atom is 0.309 e. The van der Waals surface area contributed by atoms with Crippen molar-refractivity contribution < 1.29 is 116 Å². The highest BCUT2D eigenvalue weighted by atomic mass is 16.6. The number of carbonyl (C=O) groups is 13. The fraction of sp³-hybridized carbons (Fsp3) is 0.603. The Morgan fingerprint density at radius 1 is 0.462 bits per heavy atom. The van der Waals surface area contributed by atoms with Gasteiger partial charge in [-0.25, -0.2) is 0 Å². The summed E-state index contributed by atoms with van der Waals surface area (Å²) in [7, 11) is 0. The molecule has 528 valence electrons. The van der Waals surface area contributed by atoms with Crippen LogP contribution in [0.1, 0.15) is 131 Å². The highest BCUT2D eigenvalue weighted by Crippen LogP contribution is 2.16. The molecule has 2 aromatic rings. The van der Waals surface area contributed by atoms with Crippen LogP contribution in [-0.2, 0) is 104 Å². The number of nitrogens with one attached hydrogen (secondary N) is 3. The van der Waals surface area contributed by atoms with Crippen LogP contribution in [0.15, 0.2) is 48.5 Å². The summed E-state index contributed by atoms with van der Waals surface area (Å²) < 4.78 is 29.3. The van der Waals surface area contributed by atoms with Crippen molar-refractivity contribution in [3.8, 4) is 11.5 Å². The Morgan fingerprint density at radius 2 is 0.796 bits per heavy atom. The van der Waals surface area contributed by atoms with Gasteiger partial charge < -0.3 is 86.3 Å². The number of aromatic hydroxyl groups is 2. The van der Waals surface area contributed by atoms with Crippen molar-refractivity contribution in [3.05, 3.63) is 59.7 Å². The molecule has 3 amide bonds. The van der Waals surface area contributed by atoms with Crippen LogP contribution in [-0.4, -0.2) is 224 Å². The van der Waals surface area contributed by atoms with E-state index in [9.17, 15) is 57.5 Å². The van der Waals surface area contributed by atoms with E-state index >= 15 is 0 Å². The maximum absolute atomic E-state index is 11.6. The van der Waals surface area contributed by atoms with E-state index in [2.05, 4.69) is 46.4 Å². The van der Waals surface area contributed by atoms with E-state index in [1.807, 2.05) is 24.3 Å². The van der Waals surface area contributed by atoms with Crippen molar-refractivity contribution in [1.82, 2.24) is 20.9 Å². The molecule has 2 saturated carbocycles. The number of ketones is 5. The Balaban J connectivity index is -0.000000506. The first-order valence-electron chi connectivity index (χ1n) is 30.3. The largest absolute Gasteiger partial charge is 0.508 e. The molecule has 0 bridgehead atoms. The molecule has 0 heterocycles. The number of nitrogens with two attached hydrogens (primary N) is 2. The summed E-state index contributed by atoms with van der Waals surface area (Å²) >= 11 is 0. The van der Waals surface area contributed by atoms with Gasteiger partial charge in [0.25, 0.3) is 5.97 Å². The average molecular weight is 1330 g/mol. The Hall–Kier alpha value is -8.13. The molecule has 0 aromatic heterocycles. The zero-order valence-corrected chi connectivity index (χ0v) is 55.2. The number of Topliss-reactive ketones (excluding diaryl/α,β-unsaturated/α-hetero) is 5. The van der Waals surface area contributed by atoms with Gasteiger partial charge in [0.15, 0.2) is 23.1 Å². The van der Waals surface area contributed by atoms with E-state index in [-0.39, 0.29) is 124 Å². The van der Waals surface area contributed by atoms with Gasteiger partial charge in [-0.3, -0.25) is 62.3 Å². The quantitative estimate of drug-likeness (QED) is 0.0273. The molecule has 0 aliphatic heterocycles. The van der Waals surface area contributed by atoms with Gasteiger partial charge >= 0.3 is 23.9 Å². The van der Waals surface area contributed by atoms with Crippen LogP contribution >= 0.6 is 0 Å². The van der Waals surface area contributed by atoms with E-state index in [0.29, 0.717) is 77.7 Å². The molecule has 12 N–H and O–H groups in total. The van der Waals surface area contributed by atoms with Crippen LogP contribution in [0.25, 0.3) is 0 Å². The highest BCUT2D eigenvalue weighted by Gasteiger charge is 2.36. The SMILES string of the molecule is CC(=O)NCCOCCC(=O)CCCc1ccc(O)cc1.CC(=O)NCCOCCC(=O)O.CC(=O)NCCOCCC(=O)OC1C(=O)CCC1=O.CC(=O)O.CC(=O)OC1C(=O)CCC1=O.CCN(CC)CC.NCCOCCC(=O)O.NCCc1ccc(O)cc1. The number of aryl methyl sites for hydroxylation is 1. The number of amides is 3. The minimum atomic E-state index is -1.22. The molecule has 2 aliphatic carbocycles. The fourth-order valence-electron chi connectivity index (χ4n) is 6.82. The Bertz CT molecular complexity index is 2400. The van der Waals surface area contributed by atoms with Crippen LogP contribution in [0.3, 0.4) is 0 Å². The normalized spacial score (nSPS) is 12.0. The number of nitrogens with zero attached hydrogens (tertiary/aromatic N) is 1. The first kappa shape index (κ1) is 91.3. The summed E-state index contributed by atoms with van der Waals surface area (Å²) in [5.74, 6) is -4.62. The third-order valence-electron chi connectivity index (χ3n) is 11.5. The summed E-state index contributed by atoms with van der Waals surface area (Å²) in [6, 6.07) is 14.1. The third-order valence-corrected chi connectivity index (χ3v) is 11.5. The second-order valence-electron chi connectivity index (χ2n) is 19.6. The van der Waals surface area contributed by atoms with E-state index in [1.165, 1.54) is 52.9 Å². The van der Waals surface area contributed by atoms with Crippen LogP contribution in [0.5, 0.6) is 11.5 Å². The van der Waals surface area contributed by atoms with Crippen LogP contribution in [0, 0.1) is 0 Å². The minimum Gasteiger partial charge on any atom is -0.508 e. The van der Waals surface area contributed by atoms with Crippen molar-refractivity contribution in [2.45, 2.75) is 145 Å². The van der Waals surface area contributed by atoms with Gasteiger partial charge in [-0.15, -0.1) is 0 Å². The molecule has 0 unspecified atom stereocenters. The van der Waals surface area contributed by atoms with E-state index in [0.717, 1.165) is 31.7 Å². The van der Waals surface area contributed by atoms with Crippen LogP contribution in [0.2, 0.25) is 0 Å². The molecule has 30 nitrogen and oxygen atoms in total. The molecule has 4 rings (SSSR count). The number of carboxylic acids is 3. The lowest BCUT2D eigenvalue weighted by Crippen LogP contribution is -2.29. The molecule has 2 aliphatic rings. The Kier molecular flexibility index (Phi) is 60.2. The van der Waals surface area contributed by atoms with Crippen molar-refractivity contribution in [2.24, 2.45) is 11.5 Å². The molecule has 0 spiro atoms. The summed E-state index contributed by atoms with van der Waals surface area (Å²) in [6.45, 7) is 21.5. The number of phenols is 2. The standard InChI is InChI=1S/C16H23NO4.C12H17NO6.C8H11NO.C7H13NO4.C7H8O4.C6H15N.C5H11NO3.C2H4O2/c1-13(18)17-10-12-21-11-9-15(19)4-2-3-14-5-7-16(20)8-6-14;1-8(14)13-5-7-18-6-4-11(17)19-12-9(15)2-3-10(12)16;9-6-5-7-1-3-8(10)4-2-7;1-6(9)8-3-5-12-4-2-7(10)11;1-4(8)11-7-5(9)2-3-6(7)10;1-4-7(5-2)6-3;6-2-4-9-3-1-5(7)8;1-2(3)4/h5-8,20H,2-4,9-12H2,1H3,(H,17,18);12H,2-7H2,1H3,(H,13,14);1-4,10H,5-6,9H2;2-5H2,1H3,(H,8,9)(H,10,11);7H,2-3H2,1H3;4-6H2,1-3H3;1-4,6H2,(H,7,8);1H3,(H,3,4). The second kappa shape index (κ2) is 61.4. The number of benzene rings is 2. The maximum atomic E-state index is 11.6. The summed E-state index contributed by atoms with van der Waals surface area (Å²) in [6.07, 6.45) is 1.86. The molecule has 2 fully saturated rings. The van der Waals surface area contributed by atoms with Gasteiger partial charge in [0.1, 0.15) is 17.3 Å². The molecular formula is C63H102N6O24. The van der Waals surface area contributed by atoms with Crippen LogP contribution < -0.4 is 27.4 Å². The zero-order valence-electron chi connectivity index (χ0n) is 55.2. The molecule has 93 heavy (non-hydrogen) atoms. The first-order chi connectivity index (χ1) is 44.0. The zero-order chi connectivity index (χ0) is 71.4. The smallest absolute Gasteiger partial charge is 0.309 e. The summed E-state index contributed by atoms with van der Waals surface area (Å²) in [5.41, 5.74) is 12.7. The molecule has 0 atom stereocenters. The van der Waals surface area contributed by atoms with Crippen molar-refractivity contribution in [2.75, 3.05) is 105 Å². The van der Waals surface area contributed by atoms with E-state index in [1.54, 1.807) is 24.3 Å². The minimum absolute atomic E-state index is 0.0000709. The molecule has 2 aromatic carbocycles. The van der Waals surface area contributed by atoms with E-state index < -0.39 is 42.1 Å². The molecule has 30 heteroatoms. The number of ether oxygens (including phenoxy) is 6. The van der Waals surface area contributed by atoms with Gasteiger partial charge in [-0.1, -0.05) is 45.0 Å². The number of carbonyl (C=O) groups excluding carboxylic acids is 10. The number of phenolic OH excluding ortho intramolecular Hbond substituents is 2. The van der Waals surface area contributed by atoms with E-state index in [4.69, 9.17) is 65.5 Å². The van der Waals surface area contributed by atoms with Crippen molar-refractivity contribution in [3.63, 3.8) is 0 Å². The predicted octanol–water partition coefficient (Wildman–Crippen LogP) is 2.43. The van der Waals surface area contributed by atoms with Gasteiger partial charge in [-0.2, -0.15) is 0 Å². The lowest BCUT2D eigenvalue weighted by atomic mass is 10.1. The van der Waals surface area contributed by atoms with Crippen molar-refractivity contribution >= 4 is 76.5 Å². The number of carboxylic acid groups (broad SMARTS) is 3. The molecule has 0 radical (unpaired) electrons. The third kappa shape index (κ3) is 63.8. The van der Waals surface area contributed by atoms with Gasteiger partial charge in [0.05, 0.1) is 72.1 Å². The second-order valence-corrected chi connectivity index (χ2v) is 19.6. The monoisotopic (exact) mass is 1330 g/mol. The molecule has 0 saturated heterocycles. The average Bonchev–Trinajstić information content (AvgIpc) is 1.86.